The summed E-state index contributed by atoms with van der Waals surface area (Å²) in [4.78, 5) is 24.4. The van der Waals surface area contributed by atoms with Gasteiger partial charge >= 0.3 is 5.97 Å². The normalized spacial score (nSPS) is 31.3. The Labute approximate surface area is 138 Å². The molecule has 6 heteroatoms. The molecule has 0 bridgehead atoms. The maximum Gasteiger partial charge on any atom is 0.322 e. The fourth-order valence-corrected chi connectivity index (χ4v) is 3.79. The van der Waals surface area contributed by atoms with E-state index in [1.54, 1.807) is 31.4 Å². The van der Waals surface area contributed by atoms with Crippen molar-refractivity contribution >= 4 is 35.0 Å². The first-order valence-corrected chi connectivity index (χ1v) is 8.03. The van der Waals surface area contributed by atoms with Gasteiger partial charge in [0.15, 0.2) is 11.4 Å². The van der Waals surface area contributed by atoms with Crippen molar-refractivity contribution in [1.82, 2.24) is 0 Å². The van der Waals surface area contributed by atoms with Gasteiger partial charge in [0.05, 0.1) is 6.10 Å². The zero-order valence-corrected chi connectivity index (χ0v) is 13.6. The van der Waals surface area contributed by atoms with E-state index in [-0.39, 0.29) is 11.9 Å². The Kier molecular flexibility index (Phi) is 4.19. The van der Waals surface area contributed by atoms with Crippen LogP contribution in [0.1, 0.15) is 41.1 Å². The molecule has 0 amide bonds. The molecular weight excluding hydrogens is 327 g/mol. The van der Waals surface area contributed by atoms with Gasteiger partial charge in [-0.3, -0.25) is 9.59 Å². The van der Waals surface area contributed by atoms with E-state index in [2.05, 4.69) is 0 Å². The summed E-state index contributed by atoms with van der Waals surface area (Å²) in [5, 5.41) is 0. The monoisotopic (exact) mass is 342 g/mol. The van der Waals surface area contributed by atoms with Crippen LogP contribution in [0, 0.1) is 0 Å². The molecule has 3 atom stereocenters. The van der Waals surface area contributed by atoms with Crippen molar-refractivity contribution in [2.45, 2.75) is 41.7 Å². The van der Waals surface area contributed by atoms with Crippen LogP contribution in [-0.2, 0) is 19.1 Å². The average molecular weight is 343 g/mol. The van der Waals surface area contributed by atoms with Crippen LogP contribution in [-0.4, -0.2) is 30.6 Å². The molecule has 118 valence electrons. The van der Waals surface area contributed by atoms with E-state index >= 15 is 0 Å². The molecule has 1 aromatic carbocycles. The van der Waals surface area contributed by atoms with Crippen LogP contribution < -0.4 is 0 Å². The summed E-state index contributed by atoms with van der Waals surface area (Å²) in [5.41, 5.74) is 0.0497. The maximum atomic E-state index is 12.9. The molecule has 1 aliphatic carbocycles. The molecule has 1 saturated carbocycles. The minimum Gasteiger partial charge on any atom is -0.450 e. The Morgan fingerprint density at radius 1 is 1.32 bits per heavy atom. The summed E-state index contributed by atoms with van der Waals surface area (Å²) in [5.74, 6) is -1.69. The van der Waals surface area contributed by atoms with Crippen LogP contribution in [0.4, 0.5) is 0 Å². The number of Topliss-reactive ketones (excluding diaryl/α,β-unsaturated/α-hetero) is 1. The second-order valence-electron chi connectivity index (χ2n) is 5.74. The fraction of sp³-hybridized carbons (Fsp3) is 0.500. The third-order valence-electron chi connectivity index (χ3n) is 4.55. The van der Waals surface area contributed by atoms with Crippen molar-refractivity contribution in [2.24, 2.45) is 0 Å². The number of esters is 1. The van der Waals surface area contributed by atoms with E-state index in [0.29, 0.717) is 30.4 Å². The molecule has 1 spiro atoms. The number of rotatable bonds is 3. The quantitative estimate of drug-likeness (QED) is 0.480. The second kappa shape index (κ2) is 5.84. The van der Waals surface area contributed by atoms with Crippen LogP contribution in [0.5, 0.6) is 0 Å². The SMILES string of the molecule is COC1CCC2(C1)OC(=O)C(c1ccccc1C(Cl)Cl)C2=O. The Balaban J connectivity index is 1.97. The zero-order valence-electron chi connectivity index (χ0n) is 12.1. The van der Waals surface area contributed by atoms with Crippen molar-refractivity contribution in [2.75, 3.05) is 7.11 Å². The highest BCUT2D eigenvalue weighted by molar-refractivity contribution is 6.44. The average Bonchev–Trinajstić information content (AvgIpc) is 3.01. The third kappa shape index (κ3) is 2.43. The highest BCUT2D eigenvalue weighted by Gasteiger charge is 2.59. The first-order chi connectivity index (χ1) is 10.5. The number of carbonyl (C=O) groups is 2. The molecule has 3 unspecified atom stereocenters. The predicted molar refractivity (Wildman–Crippen MR) is 82.1 cm³/mol. The molecule has 2 aliphatic rings. The van der Waals surface area contributed by atoms with Gasteiger partial charge in [-0.2, -0.15) is 0 Å². The van der Waals surface area contributed by atoms with Gasteiger partial charge in [-0.1, -0.05) is 24.3 Å². The fourth-order valence-electron chi connectivity index (χ4n) is 3.40. The van der Waals surface area contributed by atoms with Crippen LogP contribution in [0.25, 0.3) is 0 Å². The van der Waals surface area contributed by atoms with Crippen molar-refractivity contribution in [3.05, 3.63) is 35.4 Å². The Hall–Kier alpha value is -1.10. The minimum absolute atomic E-state index is 0.0560. The first kappa shape index (κ1) is 15.8. The topological polar surface area (TPSA) is 52.6 Å². The summed E-state index contributed by atoms with van der Waals surface area (Å²) >= 11 is 11.9. The molecular formula is C16H16Cl2O4. The molecule has 4 nitrogen and oxygen atoms in total. The van der Waals surface area contributed by atoms with Crippen molar-refractivity contribution in [3.8, 4) is 0 Å². The molecule has 1 aromatic rings. The predicted octanol–water partition coefficient (Wildman–Crippen LogP) is 3.31. The molecule has 0 N–H and O–H groups in total. The summed E-state index contributed by atoms with van der Waals surface area (Å²) in [6.45, 7) is 0. The molecule has 1 aliphatic heterocycles. The molecule has 2 fully saturated rings. The number of carbonyl (C=O) groups excluding carboxylic acids is 2. The van der Waals surface area contributed by atoms with E-state index < -0.39 is 22.3 Å². The minimum atomic E-state index is -1.05. The van der Waals surface area contributed by atoms with Crippen molar-refractivity contribution in [1.29, 1.82) is 0 Å². The smallest absolute Gasteiger partial charge is 0.322 e. The highest BCUT2D eigenvalue weighted by atomic mass is 35.5. The Morgan fingerprint density at radius 3 is 2.68 bits per heavy atom. The Morgan fingerprint density at radius 2 is 2.05 bits per heavy atom. The molecule has 1 saturated heterocycles. The lowest BCUT2D eigenvalue weighted by Crippen LogP contribution is -2.35. The zero-order chi connectivity index (χ0) is 15.9. The van der Waals surface area contributed by atoms with Gasteiger partial charge in [-0.25, -0.2) is 0 Å². The number of alkyl halides is 2. The number of benzene rings is 1. The number of ether oxygens (including phenoxy) is 2. The van der Waals surface area contributed by atoms with Gasteiger partial charge < -0.3 is 9.47 Å². The van der Waals surface area contributed by atoms with Crippen molar-refractivity contribution in [3.63, 3.8) is 0 Å². The van der Waals surface area contributed by atoms with E-state index in [9.17, 15) is 9.59 Å². The standard InChI is InChI=1S/C16H16Cl2O4/c1-21-9-6-7-16(8-9)13(19)12(15(20)22-16)10-4-2-3-5-11(10)14(17)18/h2-5,9,12,14H,6-8H2,1H3. The lowest BCUT2D eigenvalue weighted by atomic mass is 9.85. The molecule has 22 heavy (non-hydrogen) atoms. The number of hydrogen-bond acceptors (Lipinski definition) is 4. The number of hydrogen-bond donors (Lipinski definition) is 0. The van der Waals surface area contributed by atoms with Gasteiger partial charge in [0.2, 0.25) is 0 Å². The first-order valence-electron chi connectivity index (χ1n) is 7.15. The van der Waals surface area contributed by atoms with Gasteiger partial charge in [0, 0.05) is 13.5 Å². The van der Waals surface area contributed by atoms with E-state index in [4.69, 9.17) is 32.7 Å². The van der Waals surface area contributed by atoms with E-state index in [1.807, 2.05) is 0 Å². The Bertz CT molecular complexity index is 616. The molecule has 0 aromatic heterocycles. The van der Waals surface area contributed by atoms with Crippen LogP contribution in [0.3, 0.4) is 0 Å². The maximum absolute atomic E-state index is 12.9. The van der Waals surface area contributed by atoms with Crippen LogP contribution in [0.15, 0.2) is 24.3 Å². The lowest BCUT2D eigenvalue weighted by Gasteiger charge is -2.20. The summed E-state index contributed by atoms with van der Waals surface area (Å²) in [7, 11) is 1.60. The largest absolute Gasteiger partial charge is 0.450 e. The van der Waals surface area contributed by atoms with E-state index in [1.165, 1.54) is 0 Å². The number of halogens is 2. The third-order valence-corrected chi connectivity index (χ3v) is 5.02. The lowest BCUT2D eigenvalue weighted by molar-refractivity contribution is -0.152. The second-order valence-corrected chi connectivity index (χ2v) is 6.84. The summed E-state index contributed by atoms with van der Waals surface area (Å²) < 4.78 is 10.8. The van der Waals surface area contributed by atoms with Crippen LogP contribution in [0.2, 0.25) is 0 Å². The van der Waals surface area contributed by atoms with Gasteiger partial charge in [0.25, 0.3) is 0 Å². The van der Waals surface area contributed by atoms with Gasteiger partial charge in [-0.15, -0.1) is 23.2 Å². The number of methoxy groups -OCH3 is 1. The van der Waals surface area contributed by atoms with E-state index in [0.717, 1.165) is 0 Å². The molecule has 0 radical (unpaired) electrons. The van der Waals surface area contributed by atoms with Gasteiger partial charge in [0.1, 0.15) is 10.8 Å². The number of ketones is 1. The van der Waals surface area contributed by atoms with Crippen molar-refractivity contribution < 1.29 is 19.1 Å². The molecule has 1 heterocycles. The van der Waals surface area contributed by atoms with Gasteiger partial charge in [-0.05, 0) is 24.0 Å². The highest BCUT2D eigenvalue weighted by Crippen LogP contribution is 2.46. The summed E-state index contributed by atoms with van der Waals surface area (Å²) in [6, 6.07) is 6.96. The summed E-state index contributed by atoms with van der Waals surface area (Å²) in [6.07, 6.45) is 1.56. The van der Waals surface area contributed by atoms with Crippen LogP contribution >= 0.6 is 23.2 Å². The molecule has 3 rings (SSSR count).